The fourth-order valence-electron chi connectivity index (χ4n) is 3.16. The van der Waals surface area contributed by atoms with Crippen LogP contribution in [0, 0.1) is 0 Å². The van der Waals surface area contributed by atoms with Crippen LogP contribution in [0.2, 0.25) is 0 Å². The molecular formula is C26H23N5O2. The summed E-state index contributed by atoms with van der Waals surface area (Å²) in [6.07, 6.45) is 0. The van der Waals surface area contributed by atoms with Gasteiger partial charge in [-0.25, -0.2) is 9.59 Å². The molecule has 0 saturated carbocycles. The third kappa shape index (κ3) is 6.11. The molecule has 4 rings (SSSR count). The van der Waals surface area contributed by atoms with Crippen molar-refractivity contribution in [1.29, 1.82) is 0 Å². The maximum atomic E-state index is 12.5. The maximum absolute atomic E-state index is 12.5. The highest BCUT2D eigenvalue weighted by molar-refractivity contribution is 6.04. The Morgan fingerprint density at radius 3 is 1.12 bits per heavy atom. The Morgan fingerprint density at radius 1 is 0.394 bits per heavy atom. The number of anilines is 6. The number of benzene rings is 4. The summed E-state index contributed by atoms with van der Waals surface area (Å²) in [5, 5.41) is 14.6. The van der Waals surface area contributed by atoms with Crippen LogP contribution < -0.4 is 26.6 Å². The number of para-hydroxylation sites is 6. The zero-order valence-corrected chi connectivity index (χ0v) is 17.7. The van der Waals surface area contributed by atoms with Crippen molar-refractivity contribution in [2.45, 2.75) is 0 Å². The van der Waals surface area contributed by atoms with Crippen LogP contribution >= 0.6 is 0 Å². The number of carbonyl (C=O) groups excluding carboxylic acids is 2. The molecule has 5 N–H and O–H groups in total. The molecule has 0 aliphatic rings. The molecule has 0 saturated heterocycles. The second-order valence-electron chi connectivity index (χ2n) is 7.11. The summed E-state index contributed by atoms with van der Waals surface area (Å²) >= 11 is 0. The monoisotopic (exact) mass is 437 g/mol. The summed E-state index contributed by atoms with van der Waals surface area (Å²) in [6, 6.07) is 32.4. The van der Waals surface area contributed by atoms with E-state index in [1.165, 1.54) is 0 Å². The summed E-state index contributed by atoms with van der Waals surface area (Å²) in [7, 11) is 0. The molecule has 0 unspecified atom stereocenters. The minimum atomic E-state index is -0.357. The highest BCUT2D eigenvalue weighted by Crippen LogP contribution is 2.30. The van der Waals surface area contributed by atoms with Gasteiger partial charge in [-0.3, -0.25) is 0 Å². The zero-order valence-electron chi connectivity index (χ0n) is 17.7. The molecule has 0 aliphatic carbocycles. The Bertz CT molecular complexity index is 1130. The molecule has 7 nitrogen and oxygen atoms in total. The Balaban J connectivity index is 1.46. The minimum Gasteiger partial charge on any atom is -0.352 e. The molecule has 4 amide bonds. The van der Waals surface area contributed by atoms with Crippen LogP contribution in [-0.2, 0) is 0 Å². The zero-order chi connectivity index (χ0) is 22.9. The first-order chi connectivity index (χ1) is 16.2. The molecule has 164 valence electrons. The largest absolute Gasteiger partial charge is 0.352 e. The van der Waals surface area contributed by atoms with Crippen LogP contribution in [-0.4, -0.2) is 12.1 Å². The first-order valence-corrected chi connectivity index (χ1v) is 10.4. The van der Waals surface area contributed by atoms with E-state index in [4.69, 9.17) is 0 Å². The summed E-state index contributed by atoms with van der Waals surface area (Å²) < 4.78 is 0. The molecule has 0 aliphatic heterocycles. The van der Waals surface area contributed by atoms with Gasteiger partial charge in [0, 0.05) is 11.4 Å². The predicted molar refractivity (Wildman–Crippen MR) is 134 cm³/mol. The lowest BCUT2D eigenvalue weighted by Gasteiger charge is -2.17. The van der Waals surface area contributed by atoms with Gasteiger partial charge in [-0.1, -0.05) is 60.7 Å². The minimum absolute atomic E-state index is 0.357. The van der Waals surface area contributed by atoms with Crippen molar-refractivity contribution < 1.29 is 9.59 Å². The van der Waals surface area contributed by atoms with Crippen molar-refractivity contribution in [2.75, 3.05) is 26.6 Å². The van der Waals surface area contributed by atoms with Crippen LogP contribution in [0.15, 0.2) is 109 Å². The van der Waals surface area contributed by atoms with E-state index in [2.05, 4.69) is 26.6 Å². The van der Waals surface area contributed by atoms with E-state index in [1.54, 1.807) is 12.1 Å². The molecule has 0 atom stereocenters. The van der Waals surface area contributed by atoms with E-state index < -0.39 is 0 Å². The molecule has 0 radical (unpaired) electrons. The number of rotatable bonds is 6. The van der Waals surface area contributed by atoms with Crippen LogP contribution in [0.25, 0.3) is 0 Å². The summed E-state index contributed by atoms with van der Waals surface area (Å²) in [6.45, 7) is 0. The van der Waals surface area contributed by atoms with Crippen LogP contribution in [0.4, 0.5) is 43.7 Å². The van der Waals surface area contributed by atoms with Crippen molar-refractivity contribution in [3.63, 3.8) is 0 Å². The van der Waals surface area contributed by atoms with Crippen molar-refractivity contribution in [2.24, 2.45) is 0 Å². The van der Waals surface area contributed by atoms with Crippen molar-refractivity contribution in [1.82, 2.24) is 0 Å². The lowest BCUT2D eigenvalue weighted by atomic mass is 10.2. The molecule has 7 heteroatoms. The van der Waals surface area contributed by atoms with E-state index in [0.717, 1.165) is 0 Å². The lowest BCUT2D eigenvalue weighted by molar-refractivity contribution is 0.261. The number of nitrogens with one attached hydrogen (secondary N) is 5. The quantitative estimate of drug-likeness (QED) is 0.232. The van der Waals surface area contributed by atoms with Gasteiger partial charge >= 0.3 is 12.1 Å². The number of hydrogen-bond acceptors (Lipinski definition) is 3. The molecule has 4 aromatic carbocycles. The van der Waals surface area contributed by atoms with Crippen LogP contribution in [0.3, 0.4) is 0 Å². The smallest absolute Gasteiger partial charge is 0.323 e. The lowest BCUT2D eigenvalue weighted by Crippen LogP contribution is -2.20. The Morgan fingerprint density at radius 2 is 0.727 bits per heavy atom. The molecule has 0 aromatic heterocycles. The van der Waals surface area contributed by atoms with Crippen molar-refractivity contribution in [3.05, 3.63) is 109 Å². The van der Waals surface area contributed by atoms with Crippen molar-refractivity contribution >= 4 is 46.2 Å². The summed E-state index contributed by atoms with van der Waals surface area (Å²) in [5.41, 5.74) is 3.93. The maximum Gasteiger partial charge on any atom is 0.323 e. The normalized spacial score (nSPS) is 10.1. The predicted octanol–water partition coefficient (Wildman–Crippen LogP) is 6.72. The van der Waals surface area contributed by atoms with E-state index >= 15 is 0 Å². The third-order valence-corrected chi connectivity index (χ3v) is 4.68. The van der Waals surface area contributed by atoms with Crippen LogP contribution in [0.5, 0.6) is 0 Å². The highest BCUT2D eigenvalue weighted by atomic mass is 16.2. The van der Waals surface area contributed by atoms with Crippen LogP contribution in [0.1, 0.15) is 0 Å². The van der Waals surface area contributed by atoms with Gasteiger partial charge in [0.1, 0.15) is 0 Å². The van der Waals surface area contributed by atoms with E-state index in [9.17, 15) is 9.59 Å². The standard InChI is InChI=1S/C26H23N5O2/c32-25(27-19-11-3-1-4-12-19)30-23-17-9-7-15-21(23)29-22-16-8-10-18-24(22)31-26(33)28-20-13-5-2-6-14-20/h1-18,29H,(H2,27,30,32)(H2,28,31,33). The highest BCUT2D eigenvalue weighted by Gasteiger charge is 2.11. The van der Waals surface area contributed by atoms with Crippen molar-refractivity contribution in [3.8, 4) is 0 Å². The Labute approximate surface area is 191 Å². The molecule has 0 heterocycles. The molecule has 4 aromatic rings. The number of urea groups is 2. The SMILES string of the molecule is O=C(Nc1ccccc1)Nc1ccccc1Nc1ccccc1NC(=O)Nc1ccccc1. The van der Waals surface area contributed by atoms with E-state index in [-0.39, 0.29) is 12.1 Å². The van der Waals surface area contributed by atoms with Gasteiger partial charge in [-0.15, -0.1) is 0 Å². The average molecular weight is 438 g/mol. The van der Waals surface area contributed by atoms with Gasteiger partial charge in [-0.2, -0.15) is 0 Å². The van der Waals surface area contributed by atoms with Gasteiger partial charge < -0.3 is 26.6 Å². The topological polar surface area (TPSA) is 94.3 Å². The number of amides is 4. The van der Waals surface area contributed by atoms with Gasteiger partial charge in [-0.05, 0) is 48.5 Å². The summed E-state index contributed by atoms with van der Waals surface area (Å²) in [4.78, 5) is 24.9. The average Bonchev–Trinajstić information content (AvgIpc) is 2.83. The first kappa shape index (κ1) is 21.5. The van der Waals surface area contributed by atoms with Gasteiger partial charge in [0.25, 0.3) is 0 Å². The van der Waals surface area contributed by atoms with E-state index in [0.29, 0.717) is 34.1 Å². The second-order valence-corrected chi connectivity index (χ2v) is 7.11. The third-order valence-electron chi connectivity index (χ3n) is 4.68. The molecule has 0 fully saturated rings. The molecular weight excluding hydrogens is 414 g/mol. The molecule has 33 heavy (non-hydrogen) atoms. The Kier molecular flexibility index (Phi) is 6.82. The molecule has 0 bridgehead atoms. The fourth-order valence-corrected chi connectivity index (χ4v) is 3.16. The van der Waals surface area contributed by atoms with E-state index in [1.807, 2.05) is 97.1 Å². The Hall–Kier alpha value is -4.78. The van der Waals surface area contributed by atoms with Gasteiger partial charge in [0.15, 0.2) is 0 Å². The number of hydrogen-bond donors (Lipinski definition) is 5. The molecule has 0 spiro atoms. The number of carbonyl (C=O) groups is 2. The summed E-state index contributed by atoms with van der Waals surface area (Å²) in [5.74, 6) is 0. The first-order valence-electron chi connectivity index (χ1n) is 10.4. The fraction of sp³-hybridized carbons (Fsp3) is 0. The van der Waals surface area contributed by atoms with Gasteiger partial charge in [0.2, 0.25) is 0 Å². The second kappa shape index (κ2) is 10.5. The van der Waals surface area contributed by atoms with Gasteiger partial charge in [0.05, 0.1) is 22.7 Å².